The Hall–Kier alpha value is -2.87. The Kier molecular flexibility index (Phi) is 6.08. The van der Waals surface area contributed by atoms with Gasteiger partial charge in [-0.3, -0.25) is 0 Å². The van der Waals surface area contributed by atoms with E-state index in [9.17, 15) is 34.8 Å². The van der Waals surface area contributed by atoms with Crippen LogP contribution in [0.25, 0.3) is 11.4 Å². The van der Waals surface area contributed by atoms with Crippen LogP contribution in [-0.2, 0) is 29.4 Å². The maximum atomic E-state index is 12.5. The van der Waals surface area contributed by atoms with E-state index in [1.165, 1.54) is 35.9 Å². The second-order valence-corrected chi connectivity index (χ2v) is 7.15. The van der Waals surface area contributed by atoms with Crippen LogP contribution in [0.4, 0.5) is 26.3 Å². The molecule has 158 valence electrons. The van der Waals surface area contributed by atoms with E-state index < -0.39 is 33.8 Å². The number of aromatic amines is 1. The van der Waals surface area contributed by atoms with Gasteiger partial charge in [-0.05, 0) is 24.3 Å². The Bertz CT molecular complexity index is 1050. The van der Waals surface area contributed by atoms with Crippen molar-refractivity contribution in [2.45, 2.75) is 17.2 Å². The standard InChI is InChI=1S/C11H10F3N3O2S.C4H3F3N2/c1-17-6-9(11(12,13)14)16-10(17)7-2-4-8(5-3-7)20(15,18)19;5-4(6,7)3-1-8-2-9-3/h2-6H,1H3,(H2,15,18,19);1-2H,(H,8,9). The van der Waals surface area contributed by atoms with Gasteiger partial charge in [0.2, 0.25) is 10.0 Å². The molecular formula is C15H13F6N5O2S. The van der Waals surface area contributed by atoms with Crippen LogP contribution in [0, 0.1) is 0 Å². The topological polar surface area (TPSA) is 107 Å². The molecule has 14 heteroatoms. The molecule has 0 fully saturated rings. The van der Waals surface area contributed by atoms with Crippen molar-refractivity contribution in [3.63, 3.8) is 0 Å². The number of sulfonamides is 1. The highest BCUT2D eigenvalue weighted by Gasteiger charge is 2.34. The number of hydrogen-bond donors (Lipinski definition) is 2. The lowest BCUT2D eigenvalue weighted by atomic mass is 10.2. The summed E-state index contributed by atoms with van der Waals surface area (Å²) in [7, 11) is -2.42. The van der Waals surface area contributed by atoms with Crippen LogP contribution < -0.4 is 5.14 Å². The summed E-state index contributed by atoms with van der Waals surface area (Å²) in [5.41, 5.74) is -1.47. The molecule has 0 atom stereocenters. The molecule has 2 heterocycles. The zero-order valence-corrected chi connectivity index (χ0v) is 15.3. The monoisotopic (exact) mass is 441 g/mol. The van der Waals surface area contributed by atoms with E-state index in [4.69, 9.17) is 5.14 Å². The summed E-state index contributed by atoms with van der Waals surface area (Å²) in [5.74, 6) is 0.0818. The Morgan fingerprint density at radius 1 is 1.03 bits per heavy atom. The first-order chi connectivity index (χ1) is 13.2. The van der Waals surface area contributed by atoms with Gasteiger partial charge in [0, 0.05) is 18.8 Å². The van der Waals surface area contributed by atoms with Crippen LogP contribution in [0.2, 0.25) is 0 Å². The number of benzene rings is 1. The van der Waals surface area contributed by atoms with Gasteiger partial charge < -0.3 is 9.55 Å². The summed E-state index contributed by atoms with van der Waals surface area (Å²) in [6.07, 6.45) is -6.24. The van der Waals surface area contributed by atoms with Crippen LogP contribution in [0.3, 0.4) is 0 Å². The molecule has 0 aliphatic heterocycles. The molecule has 29 heavy (non-hydrogen) atoms. The largest absolute Gasteiger partial charge is 0.434 e. The molecule has 0 unspecified atom stereocenters. The van der Waals surface area contributed by atoms with Gasteiger partial charge in [-0.25, -0.2) is 23.5 Å². The number of aryl methyl sites for hydroxylation is 1. The van der Waals surface area contributed by atoms with Crippen molar-refractivity contribution in [3.05, 3.63) is 54.4 Å². The fraction of sp³-hybridized carbons (Fsp3) is 0.200. The first-order valence-electron chi connectivity index (χ1n) is 7.49. The molecule has 0 saturated carbocycles. The molecule has 0 spiro atoms. The van der Waals surface area contributed by atoms with E-state index in [2.05, 4.69) is 9.97 Å². The van der Waals surface area contributed by atoms with Crippen LogP contribution >= 0.6 is 0 Å². The van der Waals surface area contributed by atoms with Crippen LogP contribution in [0.1, 0.15) is 11.4 Å². The zero-order valence-electron chi connectivity index (χ0n) is 14.5. The minimum absolute atomic E-state index is 0.0818. The van der Waals surface area contributed by atoms with E-state index in [1.807, 2.05) is 4.98 Å². The smallest absolute Gasteiger partial charge is 0.341 e. The van der Waals surface area contributed by atoms with Gasteiger partial charge in [0.15, 0.2) is 5.69 Å². The maximum absolute atomic E-state index is 12.5. The molecule has 3 N–H and O–H groups in total. The molecule has 3 aromatic rings. The van der Waals surface area contributed by atoms with E-state index in [0.29, 0.717) is 5.56 Å². The molecule has 7 nitrogen and oxygen atoms in total. The average Bonchev–Trinajstić information content (AvgIpc) is 3.23. The van der Waals surface area contributed by atoms with Crippen molar-refractivity contribution < 1.29 is 34.8 Å². The van der Waals surface area contributed by atoms with Crippen LogP contribution in [0.15, 0.2) is 47.9 Å². The summed E-state index contributed by atoms with van der Waals surface area (Å²) in [6.45, 7) is 0. The minimum Gasteiger partial charge on any atom is -0.341 e. The predicted octanol–water partition coefficient (Wildman–Crippen LogP) is 3.18. The molecule has 3 rings (SSSR count). The average molecular weight is 441 g/mol. The Labute approximate surface area is 160 Å². The SMILES string of the molecule is Cn1cc(C(F)(F)F)nc1-c1ccc(S(N)(=O)=O)cc1.FC(F)(F)c1cnc[nH]1. The first-order valence-corrected chi connectivity index (χ1v) is 9.03. The van der Waals surface area contributed by atoms with Gasteiger partial charge in [0.25, 0.3) is 0 Å². The molecular weight excluding hydrogens is 428 g/mol. The summed E-state index contributed by atoms with van der Waals surface area (Å²) < 4.78 is 95.7. The van der Waals surface area contributed by atoms with Crippen molar-refractivity contribution in [1.82, 2.24) is 19.5 Å². The van der Waals surface area contributed by atoms with Gasteiger partial charge in [-0.1, -0.05) is 0 Å². The molecule has 1 aromatic carbocycles. The Morgan fingerprint density at radius 2 is 1.62 bits per heavy atom. The molecule has 0 saturated heterocycles. The van der Waals surface area contributed by atoms with Crippen LogP contribution in [0.5, 0.6) is 0 Å². The fourth-order valence-electron chi connectivity index (χ4n) is 2.08. The Morgan fingerprint density at radius 3 is 1.97 bits per heavy atom. The fourth-order valence-corrected chi connectivity index (χ4v) is 2.59. The number of H-pyrrole nitrogens is 1. The second-order valence-electron chi connectivity index (χ2n) is 5.59. The number of imidazole rings is 2. The van der Waals surface area contributed by atoms with E-state index in [0.717, 1.165) is 18.7 Å². The van der Waals surface area contributed by atoms with Crippen molar-refractivity contribution in [3.8, 4) is 11.4 Å². The number of nitrogens with one attached hydrogen (secondary N) is 1. The second kappa shape index (κ2) is 7.87. The third kappa shape index (κ3) is 5.80. The lowest BCUT2D eigenvalue weighted by Crippen LogP contribution is -2.11. The summed E-state index contributed by atoms with van der Waals surface area (Å²) in [6, 6.07) is 5.13. The van der Waals surface area contributed by atoms with Crippen molar-refractivity contribution >= 4 is 10.0 Å². The number of hydrogen-bond acceptors (Lipinski definition) is 4. The third-order valence-corrected chi connectivity index (χ3v) is 4.34. The lowest BCUT2D eigenvalue weighted by Gasteiger charge is -2.03. The number of nitrogens with zero attached hydrogens (tertiary/aromatic N) is 3. The lowest BCUT2D eigenvalue weighted by molar-refractivity contribution is -0.141. The third-order valence-electron chi connectivity index (χ3n) is 3.41. The van der Waals surface area contributed by atoms with E-state index >= 15 is 0 Å². The maximum Gasteiger partial charge on any atom is 0.434 e. The van der Waals surface area contributed by atoms with E-state index in [-0.39, 0.29) is 10.7 Å². The number of rotatable bonds is 2. The Balaban J connectivity index is 0.000000278. The number of halogens is 6. The minimum atomic E-state index is -4.53. The highest BCUT2D eigenvalue weighted by Crippen LogP contribution is 2.30. The predicted molar refractivity (Wildman–Crippen MR) is 88.6 cm³/mol. The highest BCUT2D eigenvalue weighted by atomic mass is 32.2. The van der Waals surface area contributed by atoms with Gasteiger partial charge in [0.05, 0.1) is 17.4 Å². The molecule has 2 aromatic heterocycles. The summed E-state index contributed by atoms with van der Waals surface area (Å²) in [4.78, 5) is 8.54. The molecule has 0 aliphatic rings. The zero-order chi connectivity index (χ0) is 22.0. The van der Waals surface area contributed by atoms with Crippen molar-refractivity contribution in [2.75, 3.05) is 0 Å². The first kappa shape index (κ1) is 22.4. The van der Waals surface area contributed by atoms with Gasteiger partial charge in [-0.15, -0.1) is 0 Å². The number of primary sulfonamides is 1. The summed E-state index contributed by atoms with van der Waals surface area (Å²) in [5, 5.41) is 4.94. The number of alkyl halides is 6. The van der Waals surface area contributed by atoms with Crippen molar-refractivity contribution in [1.29, 1.82) is 0 Å². The quantitative estimate of drug-likeness (QED) is 0.596. The molecule has 0 aliphatic carbocycles. The van der Waals surface area contributed by atoms with Crippen LogP contribution in [-0.4, -0.2) is 27.9 Å². The highest BCUT2D eigenvalue weighted by molar-refractivity contribution is 7.89. The van der Waals surface area contributed by atoms with Gasteiger partial charge in [0.1, 0.15) is 11.5 Å². The van der Waals surface area contributed by atoms with E-state index in [1.54, 1.807) is 0 Å². The number of nitrogens with two attached hydrogens (primary N) is 1. The van der Waals surface area contributed by atoms with Gasteiger partial charge >= 0.3 is 12.4 Å². The molecule has 0 radical (unpaired) electrons. The van der Waals surface area contributed by atoms with Crippen molar-refractivity contribution in [2.24, 2.45) is 12.2 Å². The number of aromatic nitrogens is 4. The molecule has 0 bridgehead atoms. The molecule has 0 amide bonds. The van der Waals surface area contributed by atoms with Gasteiger partial charge in [-0.2, -0.15) is 26.3 Å². The summed E-state index contributed by atoms with van der Waals surface area (Å²) >= 11 is 0. The normalized spacial score (nSPS) is 12.4.